The minimum absolute atomic E-state index is 0.222. The number of nitrogens with one attached hydrogen (secondary N) is 1. The summed E-state index contributed by atoms with van der Waals surface area (Å²) in [7, 11) is 0. The molecule has 0 saturated heterocycles. The van der Waals surface area contributed by atoms with Gasteiger partial charge in [-0.15, -0.1) is 6.58 Å². The normalized spacial score (nSPS) is 22.2. The summed E-state index contributed by atoms with van der Waals surface area (Å²) in [6, 6.07) is 19.9. The van der Waals surface area contributed by atoms with Gasteiger partial charge in [-0.1, -0.05) is 61.9 Å². The van der Waals surface area contributed by atoms with Gasteiger partial charge in [0.25, 0.3) is 0 Å². The molecule has 0 bridgehead atoms. The summed E-state index contributed by atoms with van der Waals surface area (Å²) in [5.74, 6) is -0.239. The summed E-state index contributed by atoms with van der Waals surface area (Å²) in [4.78, 5) is 15.1. The average Bonchev–Trinajstić information content (AvgIpc) is 2.88. The third-order valence-electron chi connectivity index (χ3n) is 8.35. The van der Waals surface area contributed by atoms with Crippen molar-refractivity contribution in [2.24, 2.45) is 0 Å². The van der Waals surface area contributed by atoms with Gasteiger partial charge >= 0.3 is 6.09 Å². The van der Waals surface area contributed by atoms with Crippen molar-refractivity contribution in [2.75, 3.05) is 29.9 Å². The highest BCUT2D eigenvalue weighted by Gasteiger charge is 2.45. The number of ether oxygens (including phenoxy) is 1. The Labute approximate surface area is 219 Å². The Bertz CT molecular complexity index is 1230. The van der Waals surface area contributed by atoms with Crippen molar-refractivity contribution in [1.82, 2.24) is 0 Å². The van der Waals surface area contributed by atoms with Crippen molar-refractivity contribution in [3.8, 4) is 0 Å². The number of carbonyl (C=O) groups is 1. The zero-order chi connectivity index (χ0) is 26.2. The molecule has 4 nitrogen and oxygen atoms in total. The second-order valence-electron chi connectivity index (χ2n) is 10.8. The van der Waals surface area contributed by atoms with Crippen molar-refractivity contribution in [3.05, 3.63) is 107 Å². The Morgan fingerprint density at radius 3 is 2.08 bits per heavy atom. The van der Waals surface area contributed by atoms with E-state index in [1.165, 1.54) is 34.5 Å². The second kappa shape index (κ2) is 9.70. The first-order valence-corrected chi connectivity index (χ1v) is 13.1. The molecule has 2 heterocycles. The van der Waals surface area contributed by atoms with Crippen LogP contribution in [-0.4, -0.2) is 25.8 Å². The van der Waals surface area contributed by atoms with Crippen LogP contribution in [0.5, 0.6) is 0 Å². The minimum Gasteiger partial charge on any atom is -0.449 e. The van der Waals surface area contributed by atoms with Gasteiger partial charge in [0.05, 0.1) is 6.61 Å². The van der Waals surface area contributed by atoms with E-state index in [1.54, 1.807) is 6.08 Å². The Kier molecular flexibility index (Phi) is 6.57. The summed E-state index contributed by atoms with van der Waals surface area (Å²) in [5.41, 5.74) is 7.32. The van der Waals surface area contributed by atoms with E-state index in [4.69, 9.17) is 4.74 Å². The molecule has 37 heavy (non-hydrogen) atoms. The number of hydrogen-bond donors (Lipinski definition) is 1. The molecule has 0 saturated carbocycles. The molecule has 2 atom stereocenters. The summed E-state index contributed by atoms with van der Waals surface area (Å²) in [5, 5.41) is 2.99. The lowest BCUT2D eigenvalue weighted by molar-refractivity contribution is 0.163. The van der Waals surface area contributed by atoms with E-state index in [-0.39, 0.29) is 23.3 Å². The van der Waals surface area contributed by atoms with Crippen LogP contribution >= 0.6 is 0 Å². The summed E-state index contributed by atoms with van der Waals surface area (Å²) in [6.07, 6.45) is 3.73. The van der Waals surface area contributed by atoms with Crippen LogP contribution in [0, 0.1) is 12.7 Å². The molecule has 5 rings (SSSR count). The van der Waals surface area contributed by atoms with Gasteiger partial charge in [0.15, 0.2) is 0 Å². The largest absolute Gasteiger partial charge is 0.449 e. The lowest BCUT2D eigenvalue weighted by Crippen LogP contribution is -2.47. The monoisotopic (exact) mass is 498 g/mol. The lowest BCUT2D eigenvalue weighted by atomic mass is 9.64. The molecule has 5 heteroatoms. The maximum Gasteiger partial charge on any atom is 0.411 e. The van der Waals surface area contributed by atoms with E-state index in [1.807, 2.05) is 12.1 Å². The van der Waals surface area contributed by atoms with Crippen molar-refractivity contribution >= 4 is 17.5 Å². The molecular formula is C32H35FN2O2. The molecule has 0 unspecified atom stereocenters. The quantitative estimate of drug-likeness (QED) is 0.283. The van der Waals surface area contributed by atoms with Gasteiger partial charge in [-0.3, -0.25) is 5.32 Å². The zero-order valence-corrected chi connectivity index (χ0v) is 21.9. The van der Waals surface area contributed by atoms with Crippen molar-refractivity contribution in [1.29, 1.82) is 0 Å². The fraction of sp³-hybridized carbons (Fsp3) is 0.344. The third-order valence-corrected chi connectivity index (χ3v) is 8.35. The molecule has 0 aromatic heterocycles. The van der Waals surface area contributed by atoms with Gasteiger partial charge in [0.2, 0.25) is 0 Å². The molecule has 0 fully saturated rings. The number of nitrogens with zero attached hydrogens (tertiary/aromatic N) is 1. The average molecular weight is 499 g/mol. The first kappa shape index (κ1) is 25.1. The molecule has 2 aliphatic heterocycles. The Hall–Kier alpha value is -3.60. The Morgan fingerprint density at radius 1 is 1.00 bits per heavy atom. The molecular weight excluding hydrogens is 463 g/mol. The highest BCUT2D eigenvalue weighted by molar-refractivity contribution is 5.87. The number of hydrogen-bond acceptors (Lipinski definition) is 3. The van der Waals surface area contributed by atoms with Gasteiger partial charge in [0, 0.05) is 35.3 Å². The Morgan fingerprint density at radius 2 is 1.54 bits per heavy atom. The van der Waals surface area contributed by atoms with E-state index in [9.17, 15) is 9.18 Å². The third kappa shape index (κ3) is 4.52. The van der Waals surface area contributed by atoms with Gasteiger partial charge in [-0.2, -0.15) is 0 Å². The molecule has 0 spiro atoms. The molecule has 0 aliphatic carbocycles. The van der Waals surface area contributed by atoms with E-state index in [2.05, 4.69) is 74.0 Å². The van der Waals surface area contributed by atoms with Crippen LogP contribution in [0.3, 0.4) is 0 Å². The van der Waals surface area contributed by atoms with Gasteiger partial charge in [0.1, 0.15) is 5.82 Å². The van der Waals surface area contributed by atoms with E-state index in [0.29, 0.717) is 12.1 Å². The second-order valence-corrected chi connectivity index (χ2v) is 10.8. The molecule has 1 N–H and O–H groups in total. The number of benzene rings is 3. The van der Waals surface area contributed by atoms with Crippen LogP contribution in [0.2, 0.25) is 0 Å². The van der Waals surface area contributed by atoms with Crippen LogP contribution in [0.15, 0.2) is 73.3 Å². The van der Waals surface area contributed by atoms with Crippen LogP contribution in [0.4, 0.5) is 20.6 Å². The highest BCUT2D eigenvalue weighted by Crippen LogP contribution is 2.54. The van der Waals surface area contributed by atoms with Gasteiger partial charge in [-0.05, 0) is 72.7 Å². The fourth-order valence-corrected chi connectivity index (χ4v) is 5.94. The maximum absolute atomic E-state index is 13.8. The van der Waals surface area contributed by atoms with Crippen LogP contribution in [0.1, 0.15) is 60.9 Å². The fourth-order valence-electron chi connectivity index (χ4n) is 5.94. The van der Waals surface area contributed by atoms with E-state index < -0.39 is 6.09 Å². The van der Waals surface area contributed by atoms with Crippen molar-refractivity contribution in [2.45, 2.75) is 50.9 Å². The highest BCUT2D eigenvalue weighted by atomic mass is 19.1. The maximum atomic E-state index is 13.8. The number of carbonyl (C=O) groups excluding carboxylic acids is 1. The smallest absolute Gasteiger partial charge is 0.411 e. The standard InChI is InChI=1S/C32H35FN2O2/c1-5-6-19-37-30(36)34-26-20-27-29-28(21-26)32(4,24-11-13-25(33)14-12-24)16-18-35(29)17-15-31(27,3)23-9-7-22(2)8-10-23/h5,7-14,20-21H,1,6,15-19H2,2-4H3,(H,34,36)/t31-,32-/m0/s1. The van der Waals surface area contributed by atoms with Crippen LogP contribution in [-0.2, 0) is 15.6 Å². The number of halogens is 1. The van der Waals surface area contributed by atoms with Crippen LogP contribution < -0.4 is 10.2 Å². The number of aryl methyl sites for hydroxylation is 1. The first-order valence-electron chi connectivity index (χ1n) is 13.1. The van der Waals surface area contributed by atoms with Gasteiger partial charge in [-0.25, -0.2) is 9.18 Å². The topological polar surface area (TPSA) is 41.6 Å². The SMILES string of the molecule is C=CCCOC(=O)Nc1cc2c3c(c1)[C@](C)(c1ccc(F)cc1)CCN3CC[C@@]2(C)c1ccc(C)cc1. The predicted molar refractivity (Wildman–Crippen MR) is 148 cm³/mol. The van der Waals surface area contributed by atoms with E-state index in [0.717, 1.165) is 37.1 Å². The van der Waals surface area contributed by atoms with Crippen molar-refractivity contribution in [3.63, 3.8) is 0 Å². The van der Waals surface area contributed by atoms with Crippen molar-refractivity contribution < 1.29 is 13.9 Å². The molecule has 0 radical (unpaired) electrons. The summed E-state index contributed by atoms with van der Waals surface area (Å²) < 4.78 is 19.2. The lowest BCUT2D eigenvalue weighted by Gasteiger charge is -2.50. The summed E-state index contributed by atoms with van der Waals surface area (Å²) >= 11 is 0. The molecule has 2 aliphatic rings. The predicted octanol–water partition coefficient (Wildman–Crippen LogP) is 7.48. The summed E-state index contributed by atoms with van der Waals surface area (Å²) in [6.45, 7) is 12.5. The number of rotatable bonds is 6. The van der Waals surface area contributed by atoms with Crippen LogP contribution in [0.25, 0.3) is 0 Å². The first-order chi connectivity index (χ1) is 17.7. The minimum atomic E-state index is -0.474. The molecule has 192 valence electrons. The number of anilines is 2. The molecule has 1 amide bonds. The molecule has 3 aromatic carbocycles. The Balaban J connectivity index is 1.67. The number of amides is 1. The molecule has 3 aromatic rings. The van der Waals surface area contributed by atoms with E-state index >= 15 is 0 Å². The van der Waals surface area contributed by atoms with Gasteiger partial charge < -0.3 is 9.64 Å². The zero-order valence-electron chi connectivity index (χ0n) is 21.9.